The number of hydrogen-bond acceptors (Lipinski definition) is 2. The third-order valence-corrected chi connectivity index (χ3v) is 1.27. The quantitative estimate of drug-likeness (QED) is 0.552. The zero-order chi connectivity index (χ0) is 7.28. The highest BCUT2D eigenvalue weighted by Gasteiger charge is 1.88. The van der Waals surface area contributed by atoms with Gasteiger partial charge in [-0.3, -0.25) is 4.99 Å². The van der Waals surface area contributed by atoms with Gasteiger partial charge < -0.3 is 5.32 Å². The Balaban J connectivity index is 4.03. The Morgan fingerprint density at radius 3 is 2.33 bits per heavy atom. The van der Waals surface area contributed by atoms with E-state index in [0.717, 1.165) is 5.71 Å². The van der Waals surface area contributed by atoms with E-state index in [-0.39, 0.29) is 0 Å². The number of rotatable bonds is 2. The molecule has 0 unspecified atom stereocenters. The molecule has 2 heteroatoms. The van der Waals surface area contributed by atoms with Crippen LogP contribution in [0.3, 0.4) is 0 Å². The summed E-state index contributed by atoms with van der Waals surface area (Å²) in [5.74, 6) is 0. The van der Waals surface area contributed by atoms with Gasteiger partial charge in [0.1, 0.15) is 0 Å². The third kappa shape index (κ3) is 2.90. The smallest absolute Gasteiger partial charge is 0.0357 e. The summed E-state index contributed by atoms with van der Waals surface area (Å²) in [6.45, 7) is 4.02. The number of nitrogens with one attached hydrogen (secondary N) is 1. The van der Waals surface area contributed by atoms with Crippen LogP contribution < -0.4 is 5.32 Å². The summed E-state index contributed by atoms with van der Waals surface area (Å²) in [5, 5.41) is 2.94. The first-order valence-electron chi connectivity index (χ1n) is 3.00. The lowest BCUT2D eigenvalue weighted by Crippen LogP contribution is -2.00. The predicted octanol–water partition coefficient (Wildman–Crippen LogP) is 1.20. The largest absolute Gasteiger partial charge is 0.394 e. The average Bonchev–Trinajstić information content (AvgIpc) is 1.87. The molecule has 0 aliphatic carbocycles. The molecule has 2 nitrogen and oxygen atoms in total. The highest BCUT2D eigenvalue weighted by molar-refractivity contribution is 5.97. The van der Waals surface area contributed by atoms with Crippen LogP contribution in [0.25, 0.3) is 0 Å². The van der Waals surface area contributed by atoms with Gasteiger partial charge in [-0.1, -0.05) is 0 Å². The van der Waals surface area contributed by atoms with Gasteiger partial charge in [-0.25, -0.2) is 0 Å². The van der Waals surface area contributed by atoms with E-state index < -0.39 is 0 Å². The van der Waals surface area contributed by atoms with Gasteiger partial charge in [-0.2, -0.15) is 0 Å². The number of hydrogen-bond donors (Lipinski definition) is 1. The molecule has 0 radical (unpaired) electrons. The first kappa shape index (κ1) is 8.21. The van der Waals surface area contributed by atoms with Gasteiger partial charge in [0.15, 0.2) is 0 Å². The van der Waals surface area contributed by atoms with Crippen molar-refractivity contribution in [3.63, 3.8) is 0 Å². The van der Waals surface area contributed by atoms with Crippen LogP contribution in [0.1, 0.15) is 13.8 Å². The molecular formula is C7H14N2. The molecule has 0 spiro atoms. The lowest BCUT2D eigenvalue weighted by atomic mass is 10.2. The number of allylic oxidation sites excluding steroid dienone is 1. The van der Waals surface area contributed by atoms with Gasteiger partial charge >= 0.3 is 0 Å². The summed E-state index contributed by atoms with van der Waals surface area (Å²) in [6, 6.07) is 0. The third-order valence-electron chi connectivity index (χ3n) is 1.27. The van der Waals surface area contributed by atoms with Crippen molar-refractivity contribution < 1.29 is 0 Å². The van der Waals surface area contributed by atoms with Crippen molar-refractivity contribution in [2.75, 3.05) is 14.1 Å². The lowest BCUT2D eigenvalue weighted by molar-refractivity contribution is 1.09. The Kier molecular flexibility index (Phi) is 3.76. The van der Waals surface area contributed by atoms with Crippen molar-refractivity contribution in [1.82, 2.24) is 5.32 Å². The summed E-state index contributed by atoms with van der Waals surface area (Å²) in [4.78, 5) is 4.02. The second-order valence-electron chi connectivity index (χ2n) is 1.93. The minimum absolute atomic E-state index is 1.07. The molecule has 52 valence electrons. The van der Waals surface area contributed by atoms with Gasteiger partial charge in [0.2, 0.25) is 0 Å². The van der Waals surface area contributed by atoms with Gasteiger partial charge in [0, 0.05) is 26.0 Å². The van der Waals surface area contributed by atoms with Crippen LogP contribution in [0.4, 0.5) is 0 Å². The molecule has 0 bridgehead atoms. The molecule has 0 aliphatic heterocycles. The molecule has 0 aromatic rings. The van der Waals surface area contributed by atoms with E-state index in [4.69, 9.17) is 0 Å². The summed E-state index contributed by atoms with van der Waals surface area (Å²) in [5.41, 5.74) is 2.25. The highest BCUT2D eigenvalue weighted by Crippen LogP contribution is 1.92. The summed E-state index contributed by atoms with van der Waals surface area (Å²) < 4.78 is 0. The van der Waals surface area contributed by atoms with Crippen molar-refractivity contribution in [2.45, 2.75) is 13.8 Å². The Hall–Kier alpha value is -0.790. The average molecular weight is 126 g/mol. The van der Waals surface area contributed by atoms with E-state index in [0.29, 0.717) is 0 Å². The summed E-state index contributed by atoms with van der Waals surface area (Å²) in [7, 11) is 3.68. The fourth-order valence-electron chi connectivity index (χ4n) is 0.497. The Morgan fingerprint density at radius 1 is 1.44 bits per heavy atom. The summed E-state index contributed by atoms with van der Waals surface area (Å²) in [6.07, 6.45) is 1.93. The van der Waals surface area contributed by atoms with Crippen molar-refractivity contribution in [3.05, 3.63) is 11.8 Å². The van der Waals surface area contributed by atoms with E-state index in [1.807, 2.05) is 27.1 Å². The molecule has 0 atom stereocenters. The molecule has 1 N–H and O–H groups in total. The molecule has 0 aromatic heterocycles. The summed E-state index contributed by atoms with van der Waals surface area (Å²) >= 11 is 0. The number of nitrogens with zero attached hydrogens (tertiary/aromatic N) is 1. The lowest BCUT2D eigenvalue weighted by Gasteiger charge is -1.96. The Morgan fingerprint density at radius 2 is 2.00 bits per heavy atom. The maximum absolute atomic E-state index is 4.02. The Bertz CT molecular complexity index is 134. The first-order valence-corrected chi connectivity index (χ1v) is 3.00. The van der Waals surface area contributed by atoms with Gasteiger partial charge in [0.05, 0.1) is 0 Å². The van der Waals surface area contributed by atoms with Crippen LogP contribution in [0.5, 0.6) is 0 Å². The second kappa shape index (κ2) is 4.13. The van der Waals surface area contributed by atoms with Gasteiger partial charge in [0.25, 0.3) is 0 Å². The van der Waals surface area contributed by atoms with Gasteiger partial charge in [-0.15, -0.1) is 0 Å². The molecule has 0 rings (SSSR count). The van der Waals surface area contributed by atoms with E-state index in [1.165, 1.54) is 5.57 Å². The monoisotopic (exact) mass is 126 g/mol. The predicted molar refractivity (Wildman–Crippen MR) is 41.8 cm³/mol. The molecular weight excluding hydrogens is 112 g/mol. The zero-order valence-corrected chi connectivity index (χ0v) is 6.52. The van der Waals surface area contributed by atoms with Crippen LogP contribution in [-0.4, -0.2) is 19.8 Å². The fraction of sp³-hybridized carbons (Fsp3) is 0.571. The normalized spacial score (nSPS) is 13.8. The molecule has 0 aromatic carbocycles. The zero-order valence-electron chi connectivity index (χ0n) is 6.52. The van der Waals surface area contributed by atoms with Gasteiger partial charge in [-0.05, 0) is 19.4 Å². The second-order valence-corrected chi connectivity index (χ2v) is 1.93. The molecule has 0 saturated carbocycles. The maximum atomic E-state index is 4.02. The van der Waals surface area contributed by atoms with Crippen LogP contribution >= 0.6 is 0 Å². The SMILES string of the molecule is C/N=C(C)\C(C)=C/NC. The minimum atomic E-state index is 1.07. The molecule has 0 heterocycles. The van der Waals surface area contributed by atoms with E-state index in [1.54, 1.807) is 7.05 Å². The molecule has 0 fully saturated rings. The fourth-order valence-corrected chi connectivity index (χ4v) is 0.497. The van der Waals surface area contributed by atoms with Crippen molar-refractivity contribution in [1.29, 1.82) is 0 Å². The first-order chi connectivity index (χ1) is 4.22. The Labute approximate surface area is 56.7 Å². The van der Waals surface area contributed by atoms with E-state index >= 15 is 0 Å². The standard InChI is InChI=1S/C7H14N2/c1-6(5-8-3)7(2)9-4/h5,8H,1-4H3/b6-5-,9-7-. The minimum Gasteiger partial charge on any atom is -0.394 e. The van der Waals surface area contributed by atoms with Crippen LogP contribution in [0.2, 0.25) is 0 Å². The topological polar surface area (TPSA) is 24.4 Å². The molecule has 9 heavy (non-hydrogen) atoms. The molecule has 0 saturated heterocycles. The highest BCUT2D eigenvalue weighted by atomic mass is 14.8. The van der Waals surface area contributed by atoms with Crippen LogP contribution in [0, 0.1) is 0 Å². The molecule has 0 amide bonds. The van der Waals surface area contributed by atoms with Crippen molar-refractivity contribution in [2.24, 2.45) is 4.99 Å². The van der Waals surface area contributed by atoms with E-state index in [9.17, 15) is 0 Å². The van der Waals surface area contributed by atoms with Crippen LogP contribution in [0.15, 0.2) is 16.8 Å². The van der Waals surface area contributed by atoms with Crippen LogP contribution in [-0.2, 0) is 0 Å². The maximum Gasteiger partial charge on any atom is 0.0357 e. The van der Waals surface area contributed by atoms with Crippen molar-refractivity contribution >= 4 is 5.71 Å². The van der Waals surface area contributed by atoms with Crippen molar-refractivity contribution in [3.8, 4) is 0 Å². The number of aliphatic imine (C=N–C) groups is 1. The van der Waals surface area contributed by atoms with E-state index in [2.05, 4.69) is 10.3 Å². The molecule has 0 aliphatic rings.